The quantitative estimate of drug-likeness (QED) is 0.637. The van der Waals surface area contributed by atoms with Crippen molar-refractivity contribution in [1.82, 2.24) is 10.2 Å². The molecule has 4 nitrogen and oxygen atoms in total. The Bertz CT molecular complexity index is 282. The Balaban J connectivity index is 1.80. The molecule has 0 aromatic heterocycles. The van der Waals surface area contributed by atoms with E-state index in [-0.39, 0.29) is 12.7 Å². The van der Waals surface area contributed by atoms with E-state index in [9.17, 15) is 10.2 Å². The molecule has 3 N–H and O–H groups in total. The summed E-state index contributed by atoms with van der Waals surface area (Å²) in [5, 5.41) is 22.9. The summed E-state index contributed by atoms with van der Waals surface area (Å²) in [6, 6.07) is 0.528. The highest BCUT2D eigenvalue weighted by atomic mass is 16.3. The zero-order valence-electron chi connectivity index (χ0n) is 13.6. The molecule has 1 heterocycles. The minimum absolute atomic E-state index is 0.167. The molecule has 3 atom stereocenters. The number of aliphatic hydroxyl groups is 2. The molecule has 0 aromatic carbocycles. The van der Waals surface area contributed by atoms with Crippen LogP contribution in [0.3, 0.4) is 0 Å². The van der Waals surface area contributed by atoms with Crippen molar-refractivity contribution >= 4 is 0 Å². The van der Waals surface area contributed by atoms with Gasteiger partial charge in [0.2, 0.25) is 0 Å². The van der Waals surface area contributed by atoms with E-state index in [4.69, 9.17) is 0 Å². The van der Waals surface area contributed by atoms with Gasteiger partial charge in [-0.3, -0.25) is 4.90 Å². The molecular formula is C17H34N2O2. The number of nitrogens with one attached hydrogen (secondary N) is 1. The molecule has 2 aliphatic rings. The Morgan fingerprint density at radius 2 is 1.95 bits per heavy atom. The predicted octanol–water partition coefficient (Wildman–Crippen LogP) is 1.61. The molecule has 2 rings (SSSR count). The first kappa shape index (κ1) is 17.2. The van der Waals surface area contributed by atoms with E-state index in [1.54, 1.807) is 0 Å². The first-order chi connectivity index (χ1) is 10.2. The lowest BCUT2D eigenvalue weighted by atomic mass is 9.88. The normalized spacial score (nSPS) is 29.9. The summed E-state index contributed by atoms with van der Waals surface area (Å²) < 4.78 is 0. The first-order valence-corrected chi connectivity index (χ1v) is 8.95. The van der Waals surface area contributed by atoms with Crippen LogP contribution < -0.4 is 5.32 Å². The number of nitrogens with zero attached hydrogens (tertiary/aromatic N) is 1. The molecule has 124 valence electrons. The van der Waals surface area contributed by atoms with Gasteiger partial charge in [-0.05, 0) is 50.5 Å². The van der Waals surface area contributed by atoms with Crippen LogP contribution in [0.15, 0.2) is 0 Å². The fraction of sp³-hybridized carbons (Fsp3) is 1.00. The molecule has 0 aromatic rings. The Labute approximate surface area is 129 Å². The molecule has 2 fully saturated rings. The second-order valence-electron chi connectivity index (χ2n) is 7.14. The molecule has 0 bridgehead atoms. The largest absolute Gasteiger partial charge is 0.395 e. The molecule has 0 radical (unpaired) electrons. The number of aliphatic hydroxyl groups excluding tert-OH is 2. The third-order valence-corrected chi connectivity index (χ3v) is 5.28. The van der Waals surface area contributed by atoms with Crippen molar-refractivity contribution in [1.29, 1.82) is 0 Å². The van der Waals surface area contributed by atoms with Gasteiger partial charge in [-0.15, -0.1) is 0 Å². The van der Waals surface area contributed by atoms with Gasteiger partial charge in [0.05, 0.1) is 12.7 Å². The third kappa shape index (κ3) is 5.85. The third-order valence-electron chi connectivity index (χ3n) is 5.28. The minimum atomic E-state index is -0.167. The van der Waals surface area contributed by atoms with E-state index in [1.165, 1.54) is 32.1 Å². The molecular weight excluding hydrogens is 264 g/mol. The van der Waals surface area contributed by atoms with Gasteiger partial charge in [0, 0.05) is 25.7 Å². The summed E-state index contributed by atoms with van der Waals surface area (Å²) in [5.74, 6) is 1.43. The maximum atomic E-state index is 9.93. The standard InChI is InChI=1S/C17H34N2O2/c1-2-17(21)10-15-9-16(13-19(12-15)7-8-20)18-11-14-5-3-4-6-14/h14-18,20-21H,2-13H2,1H3. The molecule has 1 aliphatic carbocycles. The maximum absolute atomic E-state index is 9.93. The smallest absolute Gasteiger partial charge is 0.0558 e. The fourth-order valence-corrected chi connectivity index (χ4v) is 4.04. The zero-order valence-corrected chi connectivity index (χ0v) is 13.6. The summed E-state index contributed by atoms with van der Waals surface area (Å²) in [6.07, 6.45) is 8.33. The number of likely N-dealkylation sites (tertiary alicyclic amines) is 1. The van der Waals surface area contributed by atoms with E-state index in [1.807, 2.05) is 0 Å². The lowest BCUT2D eigenvalue weighted by molar-refractivity contribution is 0.0739. The SMILES string of the molecule is CCC(O)CC1CC(NCC2CCCC2)CN(CCO)C1. The lowest BCUT2D eigenvalue weighted by Crippen LogP contribution is -2.51. The molecule has 0 spiro atoms. The Hall–Kier alpha value is -0.160. The highest BCUT2D eigenvalue weighted by Gasteiger charge is 2.28. The molecule has 1 saturated heterocycles. The highest BCUT2D eigenvalue weighted by Crippen LogP contribution is 2.26. The predicted molar refractivity (Wildman–Crippen MR) is 86.3 cm³/mol. The molecule has 1 saturated carbocycles. The van der Waals surface area contributed by atoms with Crippen molar-refractivity contribution in [3.05, 3.63) is 0 Å². The van der Waals surface area contributed by atoms with Crippen molar-refractivity contribution in [2.24, 2.45) is 11.8 Å². The monoisotopic (exact) mass is 298 g/mol. The van der Waals surface area contributed by atoms with Gasteiger partial charge in [-0.2, -0.15) is 0 Å². The van der Waals surface area contributed by atoms with Gasteiger partial charge < -0.3 is 15.5 Å². The fourth-order valence-electron chi connectivity index (χ4n) is 4.04. The van der Waals surface area contributed by atoms with Crippen molar-refractivity contribution in [3.8, 4) is 0 Å². The van der Waals surface area contributed by atoms with Crippen LogP contribution in [0, 0.1) is 11.8 Å². The minimum Gasteiger partial charge on any atom is -0.395 e. The van der Waals surface area contributed by atoms with E-state index in [2.05, 4.69) is 17.1 Å². The number of β-amino-alcohol motifs (C(OH)–C–C–N with tert-alkyl or cyclic N) is 1. The van der Waals surface area contributed by atoms with Gasteiger partial charge in [-0.1, -0.05) is 19.8 Å². The van der Waals surface area contributed by atoms with Crippen LogP contribution in [0.4, 0.5) is 0 Å². The zero-order chi connectivity index (χ0) is 15.1. The van der Waals surface area contributed by atoms with Crippen LogP contribution in [0.25, 0.3) is 0 Å². The highest BCUT2D eigenvalue weighted by molar-refractivity contribution is 4.85. The number of hydrogen-bond donors (Lipinski definition) is 3. The summed E-state index contributed by atoms with van der Waals surface area (Å²) >= 11 is 0. The van der Waals surface area contributed by atoms with E-state index >= 15 is 0 Å². The number of hydrogen-bond acceptors (Lipinski definition) is 4. The summed E-state index contributed by atoms with van der Waals surface area (Å²) in [6.45, 7) is 6.28. The van der Waals surface area contributed by atoms with Gasteiger partial charge in [0.1, 0.15) is 0 Å². The van der Waals surface area contributed by atoms with Crippen LogP contribution in [0.1, 0.15) is 51.9 Å². The Morgan fingerprint density at radius 3 is 2.62 bits per heavy atom. The van der Waals surface area contributed by atoms with Crippen molar-refractivity contribution in [3.63, 3.8) is 0 Å². The van der Waals surface area contributed by atoms with Gasteiger partial charge >= 0.3 is 0 Å². The average molecular weight is 298 g/mol. The van der Waals surface area contributed by atoms with E-state index < -0.39 is 0 Å². The topological polar surface area (TPSA) is 55.7 Å². The maximum Gasteiger partial charge on any atom is 0.0558 e. The number of piperidine rings is 1. The lowest BCUT2D eigenvalue weighted by Gasteiger charge is -2.39. The van der Waals surface area contributed by atoms with Crippen molar-refractivity contribution in [2.45, 2.75) is 64.0 Å². The van der Waals surface area contributed by atoms with Crippen LogP contribution in [-0.4, -0.2) is 60.0 Å². The van der Waals surface area contributed by atoms with Crippen LogP contribution in [0.2, 0.25) is 0 Å². The summed E-state index contributed by atoms with van der Waals surface area (Å²) in [4.78, 5) is 2.36. The van der Waals surface area contributed by atoms with Gasteiger partial charge in [0.15, 0.2) is 0 Å². The molecule has 1 aliphatic heterocycles. The molecule has 4 heteroatoms. The van der Waals surface area contributed by atoms with Crippen LogP contribution in [0.5, 0.6) is 0 Å². The summed E-state index contributed by atoms with van der Waals surface area (Å²) in [7, 11) is 0. The second-order valence-corrected chi connectivity index (χ2v) is 7.14. The Morgan fingerprint density at radius 1 is 1.19 bits per heavy atom. The first-order valence-electron chi connectivity index (χ1n) is 8.95. The van der Waals surface area contributed by atoms with Gasteiger partial charge in [-0.25, -0.2) is 0 Å². The van der Waals surface area contributed by atoms with Gasteiger partial charge in [0.25, 0.3) is 0 Å². The summed E-state index contributed by atoms with van der Waals surface area (Å²) in [5.41, 5.74) is 0. The molecule has 3 unspecified atom stereocenters. The van der Waals surface area contributed by atoms with Crippen molar-refractivity contribution < 1.29 is 10.2 Å². The van der Waals surface area contributed by atoms with E-state index in [0.29, 0.717) is 12.0 Å². The second kappa shape index (κ2) is 9.09. The van der Waals surface area contributed by atoms with Crippen LogP contribution >= 0.6 is 0 Å². The molecule has 0 amide bonds. The van der Waals surface area contributed by atoms with Crippen molar-refractivity contribution in [2.75, 3.05) is 32.8 Å². The Kier molecular flexibility index (Phi) is 7.44. The average Bonchev–Trinajstić information content (AvgIpc) is 2.98. The van der Waals surface area contributed by atoms with E-state index in [0.717, 1.165) is 44.9 Å². The molecule has 21 heavy (non-hydrogen) atoms. The van der Waals surface area contributed by atoms with Crippen LogP contribution in [-0.2, 0) is 0 Å². The number of rotatable bonds is 8.